The van der Waals surface area contributed by atoms with E-state index in [0.717, 1.165) is 4.52 Å². The first-order chi connectivity index (χ1) is 11.2. The second kappa shape index (κ2) is 4.88. The van der Waals surface area contributed by atoms with Crippen molar-refractivity contribution in [2.45, 2.75) is 6.42 Å². The Morgan fingerprint density at radius 2 is 2.35 bits per heavy atom. The maximum absolute atomic E-state index is 14.5. The second-order valence-electron chi connectivity index (χ2n) is 5.15. The Morgan fingerprint density at radius 3 is 3.04 bits per heavy atom. The molecule has 1 fully saturated rings. The van der Waals surface area contributed by atoms with Gasteiger partial charge < -0.3 is 4.90 Å². The van der Waals surface area contributed by atoms with Crippen LogP contribution in [0.1, 0.15) is 6.42 Å². The molecule has 4 rings (SSSR count). The Kier molecular flexibility index (Phi) is 2.84. The molecule has 1 aliphatic heterocycles. The van der Waals surface area contributed by atoms with E-state index < -0.39 is 11.9 Å². The van der Waals surface area contributed by atoms with Crippen molar-refractivity contribution in [3.8, 4) is 17.3 Å². The quantitative estimate of drug-likeness (QED) is 0.764. The topological polar surface area (TPSA) is 103 Å². The highest BCUT2D eigenvalue weighted by Crippen LogP contribution is 2.30. The van der Waals surface area contributed by atoms with E-state index in [0.29, 0.717) is 24.2 Å². The summed E-state index contributed by atoms with van der Waals surface area (Å²) in [6, 6.07) is 3.58. The van der Waals surface area contributed by atoms with Gasteiger partial charge in [-0.05, 0) is 12.5 Å². The van der Waals surface area contributed by atoms with Crippen LogP contribution in [0.4, 0.5) is 10.1 Å². The highest BCUT2D eigenvalue weighted by molar-refractivity contribution is 6.01. The molecule has 1 atom stereocenters. The van der Waals surface area contributed by atoms with Gasteiger partial charge in [-0.3, -0.25) is 9.89 Å². The smallest absolute Gasteiger partial charge is 0.244 e. The van der Waals surface area contributed by atoms with Gasteiger partial charge >= 0.3 is 0 Å². The van der Waals surface area contributed by atoms with E-state index in [4.69, 9.17) is 5.26 Å². The standard InChI is InChI=1S/C14H10FN7O/c15-12-11(9-6-17-18-7-9)20-13-10(1-3-19-22(12)13)21-4-2-8(5-16)14(21)23/h1,3,6-8H,2,4H2,(H,17,18). The molecular formula is C14H10FN7O. The summed E-state index contributed by atoms with van der Waals surface area (Å²) in [5.41, 5.74) is 1.26. The number of carbonyl (C=O) groups excluding carboxylic acids is 1. The van der Waals surface area contributed by atoms with Gasteiger partial charge in [0.1, 0.15) is 11.6 Å². The summed E-state index contributed by atoms with van der Waals surface area (Å²) in [5.74, 6) is -1.60. The van der Waals surface area contributed by atoms with Crippen molar-refractivity contribution in [2.24, 2.45) is 5.92 Å². The zero-order chi connectivity index (χ0) is 16.0. The van der Waals surface area contributed by atoms with Crippen molar-refractivity contribution in [1.29, 1.82) is 5.26 Å². The van der Waals surface area contributed by atoms with Gasteiger partial charge in [-0.2, -0.15) is 24.4 Å². The van der Waals surface area contributed by atoms with Crippen LogP contribution in [0.25, 0.3) is 16.9 Å². The molecule has 4 heterocycles. The van der Waals surface area contributed by atoms with E-state index >= 15 is 0 Å². The lowest BCUT2D eigenvalue weighted by Crippen LogP contribution is -2.27. The molecule has 114 valence electrons. The molecule has 3 aromatic rings. The number of nitrogens with one attached hydrogen (secondary N) is 1. The third-order valence-electron chi connectivity index (χ3n) is 3.87. The number of aromatic amines is 1. The SMILES string of the molecule is N#CC1CCN(c2ccnn3c(F)c(-c4cn[nH]c4)nc23)C1=O. The first-order valence-electron chi connectivity index (χ1n) is 6.94. The van der Waals surface area contributed by atoms with Crippen molar-refractivity contribution in [1.82, 2.24) is 24.8 Å². The van der Waals surface area contributed by atoms with Crippen LogP contribution in [0, 0.1) is 23.2 Å². The van der Waals surface area contributed by atoms with Gasteiger partial charge in [0.2, 0.25) is 11.9 Å². The van der Waals surface area contributed by atoms with Gasteiger partial charge in [0, 0.05) is 18.3 Å². The highest BCUT2D eigenvalue weighted by Gasteiger charge is 2.34. The van der Waals surface area contributed by atoms with E-state index in [1.54, 1.807) is 6.07 Å². The van der Waals surface area contributed by atoms with Gasteiger partial charge in [0.05, 0.1) is 24.2 Å². The zero-order valence-corrected chi connectivity index (χ0v) is 11.8. The largest absolute Gasteiger partial charge is 0.308 e. The number of H-pyrrole nitrogens is 1. The molecule has 1 unspecified atom stereocenters. The van der Waals surface area contributed by atoms with Gasteiger partial charge in [-0.15, -0.1) is 0 Å². The van der Waals surface area contributed by atoms with Gasteiger partial charge in [0.25, 0.3) is 0 Å². The fraction of sp³-hybridized carbons (Fsp3) is 0.214. The van der Waals surface area contributed by atoms with Crippen LogP contribution < -0.4 is 4.90 Å². The van der Waals surface area contributed by atoms with Crippen LogP contribution in [-0.2, 0) is 4.79 Å². The van der Waals surface area contributed by atoms with Crippen LogP contribution in [0.5, 0.6) is 0 Å². The molecule has 1 saturated heterocycles. The van der Waals surface area contributed by atoms with Crippen LogP contribution in [0.15, 0.2) is 24.7 Å². The fourth-order valence-electron chi connectivity index (χ4n) is 2.72. The number of nitrogens with zero attached hydrogens (tertiary/aromatic N) is 6. The van der Waals surface area contributed by atoms with Crippen molar-refractivity contribution in [3.63, 3.8) is 0 Å². The summed E-state index contributed by atoms with van der Waals surface area (Å²) in [7, 11) is 0. The van der Waals surface area contributed by atoms with Crippen molar-refractivity contribution in [3.05, 3.63) is 30.6 Å². The maximum Gasteiger partial charge on any atom is 0.244 e. The fourth-order valence-corrected chi connectivity index (χ4v) is 2.72. The van der Waals surface area contributed by atoms with E-state index in [1.807, 2.05) is 6.07 Å². The van der Waals surface area contributed by atoms with Gasteiger partial charge in [-0.25, -0.2) is 4.98 Å². The van der Waals surface area contributed by atoms with E-state index in [9.17, 15) is 9.18 Å². The summed E-state index contributed by atoms with van der Waals surface area (Å²) >= 11 is 0. The monoisotopic (exact) mass is 311 g/mol. The molecule has 1 amide bonds. The average Bonchev–Trinajstić information content (AvgIpc) is 3.27. The average molecular weight is 311 g/mol. The van der Waals surface area contributed by atoms with Crippen molar-refractivity contribution < 1.29 is 9.18 Å². The lowest BCUT2D eigenvalue weighted by Gasteiger charge is -2.15. The number of hydrogen-bond donors (Lipinski definition) is 1. The molecule has 3 aromatic heterocycles. The maximum atomic E-state index is 14.5. The predicted octanol–water partition coefficient (Wildman–Crippen LogP) is 1.13. The van der Waals surface area contributed by atoms with E-state index in [2.05, 4.69) is 20.3 Å². The Labute approximate surface area is 129 Å². The van der Waals surface area contributed by atoms with E-state index in [1.165, 1.54) is 23.5 Å². The first-order valence-corrected chi connectivity index (χ1v) is 6.94. The number of halogens is 1. The van der Waals surface area contributed by atoms with Gasteiger partial charge in [-0.1, -0.05) is 0 Å². The molecule has 23 heavy (non-hydrogen) atoms. The van der Waals surface area contributed by atoms with Crippen LogP contribution in [-0.4, -0.2) is 37.2 Å². The molecule has 0 bridgehead atoms. The number of nitriles is 1. The lowest BCUT2D eigenvalue weighted by atomic mass is 10.1. The van der Waals surface area contributed by atoms with Crippen molar-refractivity contribution in [2.75, 3.05) is 11.4 Å². The minimum absolute atomic E-state index is 0.0992. The normalized spacial score (nSPS) is 17.8. The lowest BCUT2D eigenvalue weighted by molar-refractivity contribution is -0.118. The number of hydrogen-bond acceptors (Lipinski definition) is 5. The molecule has 8 nitrogen and oxygen atoms in total. The second-order valence-corrected chi connectivity index (χ2v) is 5.15. The molecule has 0 radical (unpaired) electrons. The molecule has 0 saturated carbocycles. The Balaban J connectivity index is 1.88. The first kappa shape index (κ1) is 13.4. The Bertz CT molecular complexity index is 940. The minimum Gasteiger partial charge on any atom is -0.308 e. The van der Waals surface area contributed by atoms with Gasteiger partial charge in [0.15, 0.2) is 5.65 Å². The number of amides is 1. The molecular weight excluding hydrogens is 301 g/mol. The summed E-state index contributed by atoms with van der Waals surface area (Å²) in [5, 5.41) is 19.3. The zero-order valence-electron chi connectivity index (χ0n) is 11.8. The molecule has 0 aliphatic carbocycles. The number of anilines is 1. The van der Waals surface area contributed by atoms with E-state index in [-0.39, 0.29) is 17.2 Å². The summed E-state index contributed by atoms with van der Waals surface area (Å²) in [4.78, 5) is 18.0. The molecule has 0 aromatic carbocycles. The predicted molar refractivity (Wildman–Crippen MR) is 76.6 cm³/mol. The highest BCUT2D eigenvalue weighted by atomic mass is 19.1. The van der Waals surface area contributed by atoms with Crippen LogP contribution in [0.3, 0.4) is 0 Å². The molecule has 1 N–H and O–H groups in total. The number of aromatic nitrogens is 5. The summed E-state index contributed by atoms with van der Waals surface area (Å²) in [6.45, 7) is 0.395. The molecule has 1 aliphatic rings. The summed E-state index contributed by atoms with van der Waals surface area (Å²) < 4.78 is 15.6. The van der Waals surface area contributed by atoms with Crippen LogP contribution in [0.2, 0.25) is 0 Å². The third-order valence-corrected chi connectivity index (χ3v) is 3.87. The Morgan fingerprint density at radius 1 is 1.48 bits per heavy atom. The number of imidazole rings is 1. The van der Waals surface area contributed by atoms with Crippen molar-refractivity contribution >= 4 is 17.2 Å². The summed E-state index contributed by atoms with van der Waals surface area (Å²) in [6.07, 6.45) is 4.83. The third kappa shape index (κ3) is 1.88. The number of fused-ring (bicyclic) bond motifs is 1. The Hall–Kier alpha value is -3.28. The van der Waals surface area contributed by atoms with Crippen LogP contribution >= 0.6 is 0 Å². The molecule has 0 spiro atoms. The number of rotatable bonds is 2. The molecule has 9 heteroatoms. The number of carbonyl (C=O) groups is 1. The minimum atomic E-state index is -0.670.